The summed E-state index contributed by atoms with van der Waals surface area (Å²) < 4.78 is 48.6. The molecule has 0 radical (unpaired) electrons. The summed E-state index contributed by atoms with van der Waals surface area (Å²) >= 11 is 0. The highest BCUT2D eigenvalue weighted by atomic mass is 19.4. The average molecular weight is 333 g/mol. The molecule has 5 nitrogen and oxygen atoms in total. The molecule has 1 aromatic rings. The summed E-state index contributed by atoms with van der Waals surface area (Å²) in [6, 6.07) is 1.85. The van der Waals surface area contributed by atoms with Crippen molar-refractivity contribution in [1.82, 2.24) is 5.32 Å². The first-order valence-electron chi connectivity index (χ1n) is 6.68. The lowest BCUT2D eigenvalue weighted by molar-refractivity contribution is -0.138. The van der Waals surface area contributed by atoms with Crippen molar-refractivity contribution < 1.29 is 32.2 Å². The topological polar surface area (TPSA) is 64.6 Å². The van der Waals surface area contributed by atoms with E-state index < -0.39 is 29.5 Å². The summed E-state index contributed by atoms with van der Waals surface area (Å²) in [5, 5.41) is 2.22. The van der Waals surface area contributed by atoms with Gasteiger partial charge in [0, 0.05) is 0 Å². The van der Waals surface area contributed by atoms with Crippen LogP contribution in [0.4, 0.5) is 18.0 Å². The summed E-state index contributed by atoms with van der Waals surface area (Å²) in [6.07, 6.45) is -5.23. The monoisotopic (exact) mass is 333 g/mol. The Labute approximate surface area is 131 Å². The van der Waals surface area contributed by atoms with E-state index in [1.165, 1.54) is 6.07 Å². The fraction of sp³-hybridized carbons (Fsp3) is 0.467. The Morgan fingerprint density at radius 1 is 1.26 bits per heavy atom. The minimum atomic E-state index is -4.65. The van der Waals surface area contributed by atoms with Crippen molar-refractivity contribution in [3.63, 3.8) is 0 Å². The van der Waals surface area contributed by atoms with Crippen LogP contribution in [0, 0.1) is 0 Å². The molecule has 8 heteroatoms. The van der Waals surface area contributed by atoms with Crippen LogP contribution in [0.2, 0.25) is 0 Å². The van der Waals surface area contributed by atoms with Gasteiger partial charge in [-0.05, 0) is 38.5 Å². The lowest BCUT2D eigenvalue weighted by Crippen LogP contribution is -2.35. The first-order chi connectivity index (χ1) is 10.5. The molecule has 0 fully saturated rings. The number of hydrogen-bond donors (Lipinski definition) is 1. The van der Waals surface area contributed by atoms with Crippen LogP contribution >= 0.6 is 0 Å². The Hall–Kier alpha value is -2.25. The van der Waals surface area contributed by atoms with E-state index in [0.717, 1.165) is 19.2 Å². The number of benzene rings is 1. The molecule has 1 aromatic carbocycles. The minimum Gasteiger partial charge on any atom is -0.496 e. The van der Waals surface area contributed by atoms with Gasteiger partial charge in [0.2, 0.25) is 0 Å². The van der Waals surface area contributed by atoms with Gasteiger partial charge in [-0.15, -0.1) is 0 Å². The molecule has 1 rings (SSSR count). The fourth-order valence-electron chi connectivity index (χ4n) is 1.77. The van der Waals surface area contributed by atoms with Gasteiger partial charge in [-0.3, -0.25) is 0 Å². The van der Waals surface area contributed by atoms with Crippen molar-refractivity contribution in [1.29, 1.82) is 0 Å². The largest absolute Gasteiger partial charge is 0.496 e. The highest BCUT2D eigenvalue weighted by Gasteiger charge is 2.35. The summed E-state index contributed by atoms with van der Waals surface area (Å²) in [7, 11) is 1.11. The maximum Gasteiger partial charge on any atom is 0.419 e. The minimum absolute atomic E-state index is 0.0287. The molecule has 1 amide bonds. The van der Waals surface area contributed by atoms with Crippen LogP contribution in [0.3, 0.4) is 0 Å². The van der Waals surface area contributed by atoms with Crippen molar-refractivity contribution >= 4 is 12.4 Å². The molecule has 0 saturated carbocycles. The summed E-state index contributed by atoms with van der Waals surface area (Å²) in [6.45, 7) is 4.87. The number of hydrogen-bond acceptors (Lipinski definition) is 4. The van der Waals surface area contributed by atoms with Gasteiger partial charge in [-0.2, -0.15) is 13.2 Å². The number of rotatable bonds is 4. The first-order valence-corrected chi connectivity index (χ1v) is 6.68. The van der Waals surface area contributed by atoms with E-state index in [1.54, 1.807) is 20.8 Å². The van der Waals surface area contributed by atoms with Crippen LogP contribution in [0.15, 0.2) is 18.2 Å². The Bertz CT molecular complexity index is 579. The number of nitrogens with one attached hydrogen (secondary N) is 1. The second-order valence-corrected chi connectivity index (χ2v) is 5.72. The summed E-state index contributed by atoms with van der Waals surface area (Å²) in [4.78, 5) is 22.8. The molecular formula is C15H18F3NO4. The van der Waals surface area contributed by atoms with E-state index in [2.05, 4.69) is 10.1 Å². The lowest BCUT2D eigenvalue weighted by atomic mass is 10.0. The molecule has 0 saturated heterocycles. The van der Waals surface area contributed by atoms with Gasteiger partial charge in [0.25, 0.3) is 0 Å². The van der Waals surface area contributed by atoms with Gasteiger partial charge >= 0.3 is 12.3 Å². The van der Waals surface area contributed by atoms with Crippen LogP contribution in [-0.4, -0.2) is 25.1 Å². The Balaban J connectivity index is 3.07. The SMILES string of the molecule is COc1ccc(C(C=O)NC(=O)OC(C)(C)C)cc1C(F)(F)F. The van der Waals surface area contributed by atoms with Gasteiger partial charge < -0.3 is 19.6 Å². The van der Waals surface area contributed by atoms with Crippen molar-refractivity contribution in [2.45, 2.75) is 38.6 Å². The molecule has 128 valence electrons. The molecule has 0 aliphatic heterocycles. The highest BCUT2D eigenvalue weighted by Crippen LogP contribution is 2.37. The quantitative estimate of drug-likeness (QED) is 0.857. The van der Waals surface area contributed by atoms with E-state index in [1.807, 2.05) is 0 Å². The predicted octanol–water partition coefficient (Wildman–Crippen LogP) is 3.48. The number of carbonyl (C=O) groups excluding carboxylic acids is 2. The number of ether oxygens (including phenoxy) is 2. The van der Waals surface area contributed by atoms with E-state index in [-0.39, 0.29) is 11.3 Å². The maximum absolute atomic E-state index is 13.0. The Morgan fingerprint density at radius 3 is 2.30 bits per heavy atom. The van der Waals surface area contributed by atoms with Crippen LogP contribution in [0.5, 0.6) is 5.75 Å². The van der Waals surface area contributed by atoms with Crippen LogP contribution in [-0.2, 0) is 15.7 Å². The Kier molecular flexibility index (Phi) is 5.63. The van der Waals surface area contributed by atoms with Crippen molar-refractivity contribution in [3.05, 3.63) is 29.3 Å². The molecule has 0 bridgehead atoms. The summed E-state index contributed by atoms with van der Waals surface area (Å²) in [5.41, 5.74) is -1.86. The molecule has 0 spiro atoms. The standard InChI is InChI=1S/C15H18F3NO4/c1-14(2,3)23-13(21)19-11(8-20)9-5-6-12(22-4)10(7-9)15(16,17)18/h5-8,11H,1-4H3,(H,19,21). The van der Waals surface area contributed by atoms with E-state index >= 15 is 0 Å². The number of halogens is 3. The first kappa shape index (κ1) is 18.8. The van der Waals surface area contributed by atoms with Crippen LogP contribution < -0.4 is 10.1 Å². The Morgan fingerprint density at radius 2 is 1.87 bits per heavy atom. The van der Waals surface area contributed by atoms with Crippen molar-refractivity contribution in [2.75, 3.05) is 7.11 Å². The molecule has 1 unspecified atom stereocenters. The second kappa shape index (κ2) is 6.89. The lowest BCUT2D eigenvalue weighted by Gasteiger charge is -2.22. The van der Waals surface area contributed by atoms with Gasteiger partial charge in [-0.25, -0.2) is 4.79 Å². The molecule has 1 N–H and O–H groups in total. The number of alkyl halides is 3. The zero-order valence-electron chi connectivity index (χ0n) is 13.2. The number of aldehydes is 1. The second-order valence-electron chi connectivity index (χ2n) is 5.72. The number of methoxy groups -OCH3 is 1. The van der Waals surface area contributed by atoms with Crippen molar-refractivity contribution in [2.24, 2.45) is 0 Å². The third kappa shape index (κ3) is 5.46. The van der Waals surface area contributed by atoms with Crippen LogP contribution in [0.1, 0.15) is 37.9 Å². The smallest absolute Gasteiger partial charge is 0.419 e. The molecule has 0 aliphatic rings. The zero-order valence-corrected chi connectivity index (χ0v) is 13.2. The maximum atomic E-state index is 13.0. The van der Waals surface area contributed by atoms with Gasteiger partial charge in [0.05, 0.1) is 12.7 Å². The number of amides is 1. The van der Waals surface area contributed by atoms with Gasteiger partial charge in [0.15, 0.2) is 0 Å². The van der Waals surface area contributed by atoms with E-state index in [9.17, 15) is 22.8 Å². The van der Waals surface area contributed by atoms with E-state index in [0.29, 0.717) is 6.29 Å². The van der Waals surface area contributed by atoms with Gasteiger partial charge in [0.1, 0.15) is 23.7 Å². The molecule has 23 heavy (non-hydrogen) atoms. The van der Waals surface area contributed by atoms with Crippen LogP contribution in [0.25, 0.3) is 0 Å². The predicted molar refractivity (Wildman–Crippen MR) is 76.2 cm³/mol. The highest BCUT2D eigenvalue weighted by molar-refractivity contribution is 5.74. The molecule has 0 aliphatic carbocycles. The number of carbonyl (C=O) groups is 2. The molecule has 0 aromatic heterocycles. The van der Waals surface area contributed by atoms with Gasteiger partial charge in [-0.1, -0.05) is 6.07 Å². The molecular weight excluding hydrogens is 315 g/mol. The zero-order chi connectivity index (χ0) is 17.8. The fourth-order valence-corrected chi connectivity index (χ4v) is 1.77. The number of alkyl carbamates (subject to hydrolysis) is 1. The molecule has 1 atom stereocenters. The van der Waals surface area contributed by atoms with E-state index in [4.69, 9.17) is 4.74 Å². The molecule has 0 heterocycles. The third-order valence-corrected chi connectivity index (χ3v) is 2.70. The summed E-state index contributed by atoms with van der Waals surface area (Å²) in [5.74, 6) is -0.372. The third-order valence-electron chi connectivity index (χ3n) is 2.70. The average Bonchev–Trinajstić information content (AvgIpc) is 2.41. The normalized spacial score (nSPS) is 13.2. The van der Waals surface area contributed by atoms with Crippen molar-refractivity contribution in [3.8, 4) is 5.75 Å².